The Hall–Kier alpha value is -1.56. The monoisotopic (exact) mass is 202 g/mol. The van der Waals surface area contributed by atoms with E-state index < -0.39 is 28.3 Å². The Balaban J connectivity index is 3.39. The van der Waals surface area contributed by atoms with E-state index in [1.165, 1.54) is 6.92 Å². The fourth-order valence-electron chi connectivity index (χ4n) is 1.07. The van der Waals surface area contributed by atoms with Crippen LogP contribution in [0, 0.1) is 21.7 Å². The minimum Gasteiger partial charge on any atom is -0.324 e. The summed E-state index contributed by atoms with van der Waals surface area (Å²) in [6, 6.07) is 0.567. The van der Waals surface area contributed by atoms with E-state index in [4.69, 9.17) is 5.73 Å². The summed E-state index contributed by atoms with van der Waals surface area (Å²) in [4.78, 5) is 9.66. The Morgan fingerprint density at radius 3 is 2.36 bits per heavy atom. The molecule has 4 nitrogen and oxygen atoms in total. The third kappa shape index (κ3) is 1.85. The molecule has 2 N–H and O–H groups in total. The smallest absolute Gasteiger partial charge is 0.277 e. The van der Waals surface area contributed by atoms with Crippen LogP contribution in [0.25, 0.3) is 0 Å². The maximum Gasteiger partial charge on any atom is 0.277 e. The third-order valence-electron chi connectivity index (χ3n) is 1.76. The lowest BCUT2D eigenvalue weighted by Crippen LogP contribution is -2.09. The van der Waals surface area contributed by atoms with Crippen LogP contribution in [0.1, 0.15) is 18.5 Å². The summed E-state index contributed by atoms with van der Waals surface area (Å²) in [6.45, 7) is 1.46. The lowest BCUT2D eigenvalue weighted by atomic mass is 10.1. The molecule has 0 aliphatic heterocycles. The van der Waals surface area contributed by atoms with Gasteiger partial charge in [0, 0.05) is 11.6 Å². The number of benzene rings is 1. The predicted molar refractivity (Wildman–Crippen MR) is 45.6 cm³/mol. The standard InChI is InChI=1S/C8H8F2N2O2/c1-4(11)5-2-6(9)7(10)3-8(5)12(13)14/h2-4H,11H2,1H3/t4-/m1/s1. The molecule has 0 aliphatic carbocycles. The maximum absolute atomic E-state index is 12.7. The van der Waals surface area contributed by atoms with Crippen LogP contribution in [0.15, 0.2) is 12.1 Å². The van der Waals surface area contributed by atoms with Gasteiger partial charge < -0.3 is 5.73 Å². The van der Waals surface area contributed by atoms with Crippen molar-refractivity contribution in [3.8, 4) is 0 Å². The summed E-state index contributed by atoms with van der Waals surface area (Å²) in [5.41, 5.74) is 4.86. The number of nitrogens with two attached hydrogens (primary N) is 1. The van der Waals surface area contributed by atoms with E-state index in [9.17, 15) is 18.9 Å². The number of nitro groups is 1. The Bertz CT molecular complexity index is 380. The Morgan fingerprint density at radius 2 is 1.93 bits per heavy atom. The summed E-state index contributed by atoms with van der Waals surface area (Å²) in [5, 5.41) is 10.5. The molecule has 76 valence electrons. The fourth-order valence-corrected chi connectivity index (χ4v) is 1.07. The highest BCUT2D eigenvalue weighted by Crippen LogP contribution is 2.26. The van der Waals surface area contributed by atoms with Crippen molar-refractivity contribution in [2.24, 2.45) is 5.73 Å². The van der Waals surface area contributed by atoms with Gasteiger partial charge in [0.15, 0.2) is 11.6 Å². The van der Waals surface area contributed by atoms with Crippen molar-refractivity contribution in [3.63, 3.8) is 0 Å². The lowest BCUT2D eigenvalue weighted by molar-refractivity contribution is -0.385. The summed E-state index contributed by atoms with van der Waals surface area (Å²) in [5.74, 6) is -2.39. The van der Waals surface area contributed by atoms with Crippen LogP contribution in [0.3, 0.4) is 0 Å². The van der Waals surface area contributed by atoms with E-state index in [0.29, 0.717) is 6.07 Å². The number of rotatable bonds is 2. The first-order chi connectivity index (χ1) is 6.43. The molecule has 0 bridgehead atoms. The zero-order valence-corrected chi connectivity index (χ0v) is 7.33. The van der Waals surface area contributed by atoms with Crippen LogP contribution in [0.5, 0.6) is 0 Å². The molecule has 0 unspecified atom stereocenters. The van der Waals surface area contributed by atoms with Crippen molar-refractivity contribution >= 4 is 5.69 Å². The topological polar surface area (TPSA) is 69.2 Å². The van der Waals surface area contributed by atoms with Crippen LogP contribution >= 0.6 is 0 Å². The molecular formula is C8H8F2N2O2. The van der Waals surface area contributed by atoms with Gasteiger partial charge in [-0.15, -0.1) is 0 Å². The average molecular weight is 202 g/mol. The summed E-state index contributed by atoms with van der Waals surface area (Å²) in [6.07, 6.45) is 0. The van der Waals surface area contributed by atoms with Gasteiger partial charge in [-0.25, -0.2) is 8.78 Å². The molecule has 6 heteroatoms. The number of hydrogen-bond donors (Lipinski definition) is 1. The van der Waals surface area contributed by atoms with E-state index >= 15 is 0 Å². The van der Waals surface area contributed by atoms with Crippen molar-refractivity contribution in [1.82, 2.24) is 0 Å². The average Bonchev–Trinajstić information content (AvgIpc) is 2.08. The second-order valence-corrected chi connectivity index (χ2v) is 2.87. The predicted octanol–water partition coefficient (Wildman–Crippen LogP) is 1.89. The molecule has 0 amide bonds. The van der Waals surface area contributed by atoms with Gasteiger partial charge in [0.1, 0.15) is 0 Å². The third-order valence-corrected chi connectivity index (χ3v) is 1.76. The fraction of sp³-hybridized carbons (Fsp3) is 0.250. The first-order valence-corrected chi connectivity index (χ1v) is 3.82. The van der Waals surface area contributed by atoms with Crippen LogP contribution < -0.4 is 5.73 Å². The molecule has 1 aromatic carbocycles. The minimum atomic E-state index is -1.25. The molecule has 0 saturated heterocycles. The second-order valence-electron chi connectivity index (χ2n) is 2.87. The molecule has 0 heterocycles. The van der Waals surface area contributed by atoms with Gasteiger partial charge in [0.2, 0.25) is 0 Å². The van der Waals surface area contributed by atoms with Gasteiger partial charge in [-0.1, -0.05) is 0 Å². The molecule has 1 atom stereocenters. The minimum absolute atomic E-state index is 0.0195. The van der Waals surface area contributed by atoms with Crippen molar-refractivity contribution in [2.75, 3.05) is 0 Å². The zero-order chi connectivity index (χ0) is 10.9. The molecule has 0 saturated carbocycles. The Kier molecular flexibility index (Phi) is 2.76. The lowest BCUT2D eigenvalue weighted by Gasteiger charge is -2.06. The normalized spacial score (nSPS) is 12.6. The molecular weight excluding hydrogens is 194 g/mol. The second kappa shape index (κ2) is 3.67. The molecule has 14 heavy (non-hydrogen) atoms. The van der Waals surface area contributed by atoms with Gasteiger partial charge in [-0.2, -0.15) is 0 Å². The zero-order valence-electron chi connectivity index (χ0n) is 7.33. The first-order valence-electron chi connectivity index (χ1n) is 3.82. The summed E-state index contributed by atoms with van der Waals surface area (Å²) >= 11 is 0. The van der Waals surface area contributed by atoms with E-state index in [-0.39, 0.29) is 5.56 Å². The molecule has 0 aliphatic rings. The maximum atomic E-state index is 12.7. The van der Waals surface area contributed by atoms with Crippen LogP contribution in [0.2, 0.25) is 0 Å². The van der Waals surface area contributed by atoms with E-state index in [0.717, 1.165) is 6.07 Å². The number of halogens is 2. The van der Waals surface area contributed by atoms with Crippen molar-refractivity contribution in [2.45, 2.75) is 13.0 Å². The van der Waals surface area contributed by atoms with Crippen LogP contribution in [0.4, 0.5) is 14.5 Å². The van der Waals surface area contributed by atoms with Crippen LogP contribution in [-0.2, 0) is 0 Å². The van der Waals surface area contributed by atoms with E-state index in [2.05, 4.69) is 0 Å². The van der Waals surface area contributed by atoms with Gasteiger partial charge in [0.25, 0.3) is 5.69 Å². The number of nitrogens with zero attached hydrogens (tertiary/aromatic N) is 1. The number of hydrogen-bond acceptors (Lipinski definition) is 3. The molecule has 0 aromatic heterocycles. The Labute approximate surface area is 78.5 Å². The molecule has 0 fully saturated rings. The molecule has 0 radical (unpaired) electrons. The van der Waals surface area contributed by atoms with Gasteiger partial charge >= 0.3 is 0 Å². The van der Waals surface area contributed by atoms with Crippen molar-refractivity contribution < 1.29 is 13.7 Å². The van der Waals surface area contributed by atoms with Gasteiger partial charge in [0.05, 0.1) is 11.0 Å². The molecule has 1 rings (SSSR count). The largest absolute Gasteiger partial charge is 0.324 e. The number of nitro benzene ring substituents is 1. The van der Waals surface area contributed by atoms with Gasteiger partial charge in [-0.3, -0.25) is 10.1 Å². The van der Waals surface area contributed by atoms with Crippen LogP contribution in [-0.4, -0.2) is 4.92 Å². The SMILES string of the molecule is C[C@@H](N)c1cc(F)c(F)cc1[N+](=O)[O-]. The summed E-state index contributed by atoms with van der Waals surface area (Å²) in [7, 11) is 0. The van der Waals surface area contributed by atoms with Crippen molar-refractivity contribution in [1.29, 1.82) is 0 Å². The van der Waals surface area contributed by atoms with Crippen molar-refractivity contribution in [3.05, 3.63) is 39.4 Å². The molecule has 0 spiro atoms. The molecule has 1 aromatic rings. The first kappa shape index (κ1) is 10.5. The summed E-state index contributed by atoms with van der Waals surface area (Å²) < 4.78 is 25.4. The van der Waals surface area contributed by atoms with E-state index in [1.807, 2.05) is 0 Å². The van der Waals surface area contributed by atoms with Gasteiger partial charge in [-0.05, 0) is 13.0 Å². The highest BCUT2D eigenvalue weighted by molar-refractivity contribution is 5.42. The quantitative estimate of drug-likeness (QED) is 0.588. The Morgan fingerprint density at radius 1 is 1.43 bits per heavy atom. The highest BCUT2D eigenvalue weighted by atomic mass is 19.2. The van der Waals surface area contributed by atoms with E-state index in [1.54, 1.807) is 0 Å². The highest BCUT2D eigenvalue weighted by Gasteiger charge is 2.20.